The minimum absolute atomic E-state index is 0.0346. The molecule has 12 heteroatoms. The molecule has 5 atom stereocenters. The third-order valence-electron chi connectivity index (χ3n) is 12.4. The number of hydrogen-bond donors (Lipinski definition) is 3. The number of ether oxygens (including phenoxy) is 1. The van der Waals surface area contributed by atoms with Gasteiger partial charge < -0.3 is 29.8 Å². The number of aromatic nitrogens is 4. The van der Waals surface area contributed by atoms with E-state index in [1.54, 1.807) is 0 Å². The lowest BCUT2D eigenvalue weighted by Gasteiger charge is -2.34. The number of imidazole rings is 2. The van der Waals surface area contributed by atoms with Gasteiger partial charge in [0, 0.05) is 25.0 Å². The Morgan fingerprint density at radius 1 is 0.741 bits per heavy atom. The van der Waals surface area contributed by atoms with Crippen LogP contribution in [0, 0.1) is 5.92 Å². The van der Waals surface area contributed by atoms with Crippen LogP contribution in [0.5, 0.6) is 0 Å². The Balaban J connectivity index is 0.906. The Morgan fingerprint density at radius 2 is 1.28 bits per heavy atom. The monoisotopic (exact) mass is 782 g/mol. The highest BCUT2D eigenvalue weighted by Gasteiger charge is 2.40. The zero-order valence-electron chi connectivity index (χ0n) is 33.7. The van der Waals surface area contributed by atoms with Gasteiger partial charge >= 0.3 is 6.09 Å². The summed E-state index contributed by atoms with van der Waals surface area (Å²) in [5.41, 5.74) is 7.15. The van der Waals surface area contributed by atoms with Gasteiger partial charge in [-0.05, 0) is 85.9 Å². The van der Waals surface area contributed by atoms with Gasteiger partial charge in [0.15, 0.2) is 0 Å². The highest BCUT2D eigenvalue weighted by molar-refractivity contribution is 5.84. The molecular formula is C46H54N8O4. The van der Waals surface area contributed by atoms with Gasteiger partial charge in [0.1, 0.15) is 17.7 Å². The van der Waals surface area contributed by atoms with Gasteiger partial charge in [-0.2, -0.15) is 0 Å². The Hall–Kier alpha value is -5.75. The van der Waals surface area contributed by atoms with Crippen molar-refractivity contribution in [1.29, 1.82) is 0 Å². The van der Waals surface area contributed by atoms with Crippen molar-refractivity contribution < 1.29 is 19.1 Å². The molecule has 5 aromatic rings. The van der Waals surface area contributed by atoms with Gasteiger partial charge in [-0.15, -0.1) is 0 Å². The fraction of sp³-hybridized carbons (Fsp3) is 0.413. The standard InChI is InChI=1S/C46H54N8O4/c1-4-52(5-2)41(34-11-7-6-8-12-34)45(56)54-26-10-14-40(54)43-48-29-38(51-43)33-21-17-31(18-22-33)30-15-19-32(20-16-30)37-28-47-42(50-37)39-13-9-25-53(39)44(55)35-23-24-36(27-35)49-46(57)58-3/h6-8,11-12,15-22,28-29,35-36,39-41H,4-5,9-10,13-14,23-27H2,1-3H3,(H,47,50)(H,48,51)(H,49,57)/t35-,36+,39-,40-,41?/m0/s1. The highest BCUT2D eigenvalue weighted by atomic mass is 16.5. The second kappa shape index (κ2) is 17.4. The number of rotatable bonds is 12. The van der Waals surface area contributed by atoms with E-state index in [1.165, 1.54) is 7.11 Å². The molecule has 2 saturated heterocycles. The summed E-state index contributed by atoms with van der Waals surface area (Å²) in [6.45, 7) is 7.25. The van der Waals surface area contributed by atoms with Gasteiger partial charge in [0.25, 0.3) is 0 Å². The van der Waals surface area contributed by atoms with Crippen LogP contribution in [0.2, 0.25) is 0 Å². The first-order chi connectivity index (χ1) is 28.3. The summed E-state index contributed by atoms with van der Waals surface area (Å²) in [4.78, 5) is 62.4. The van der Waals surface area contributed by atoms with E-state index in [1.807, 2.05) is 40.4 Å². The van der Waals surface area contributed by atoms with Gasteiger partial charge in [-0.3, -0.25) is 14.5 Å². The van der Waals surface area contributed by atoms with Gasteiger partial charge in [0.05, 0.1) is 43.0 Å². The van der Waals surface area contributed by atoms with Gasteiger partial charge in [-0.1, -0.05) is 92.7 Å². The number of methoxy groups -OCH3 is 1. The number of alkyl carbamates (subject to hydrolysis) is 1. The van der Waals surface area contributed by atoms with Crippen LogP contribution in [0.3, 0.4) is 0 Å². The molecule has 302 valence electrons. The van der Waals surface area contributed by atoms with Crippen LogP contribution in [-0.4, -0.2) is 91.9 Å². The maximum Gasteiger partial charge on any atom is 0.407 e. The molecule has 12 nitrogen and oxygen atoms in total. The molecule has 3 N–H and O–H groups in total. The van der Waals surface area contributed by atoms with Crippen LogP contribution < -0.4 is 5.32 Å². The van der Waals surface area contributed by atoms with Crippen molar-refractivity contribution in [3.63, 3.8) is 0 Å². The van der Waals surface area contributed by atoms with E-state index in [4.69, 9.17) is 14.7 Å². The SMILES string of the molecule is CCN(CC)C(C(=O)N1CCC[C@H]1c1ncc(-c2ccc(-c3ccc(-c4cnc([C@@H]5CCCN5C(=O)[C@H]5CC[C@@H](NC(=O)OC)C5)[nH]4)cc3)cc2)[nH]1)c1ccccc1. The lowest BCUT2D eigenvalue weighted by Crippen LogP contribution is -2.43. The predicted octanol–water partition coefficient (Wildman–Crippen LogP) is 8.07. The Kier molecular flexibility index (Phi) is 11.7. The number of carbonyl (C=O) groups excluding carboxylic acids is 3. The van der Waals surface area contributed by atoms with E-state index in [0.717, 1.165) is 109 Å². The molecule has 58 heavy (non-hydrogen) atoms. The smallest absolute Gasteiger partial charge is 0.407 e. The predicted molar refractivity (Wildman–Crippen MR) is 223 cm³/mol. The molecule has 0 radical (unpaired) electrons. The quantitative estimate of drug-likeness (QED) is 0.116. The number of carbonyl (C=O) groups is 3. The lowest BCUT2D eigenvalue weighted by molar-refractivity contribution is -0.138. The van der Waals surface area contributed by atoms with Crippen molar-refractivity contribution in [3.8, 4) is 33.6 Å². The van der Waals surface area contributed by atoms with Crippen LogP contribution in [0.15, 0.2) is 91.3 Å². The molecule has 0 bridgehead atoms. The topological polar surface area (TPSA) is 140 Å². The fourth-order valence-electron chi connectivity index (χ4n) is 9.31. The molecule has 1 saturated carbocycles. The number of hydrogen-bond acceptors (Lipinski definition) is 7. The Bertz CT molecular complexity index is 2180. The van der Waals surface area contributed by atoms with Gasteiger partial charge in [0.2, 0.25) is 11.8 Å². The van der Waals surface area contributed by atoms with Crippen molar-refractivity contribution in [2.45, 2.75) is 83.0 Å². The average Bonchev–Trinajstić information content (AvgIpc) is 4.12. The zero-order chi connectivity index (χ0) is 40.2. The van der Waals surface area contributed by atoms with Crippen LogP contribution in [0.1, 0.15) is 94.1 Å². The summed E-state index contributed by atoms with van der Waals surface area (Å²) in [6, 6.07) is 26.5. The maximum atomic E-state index is 14.2. The molecule has 4 heterocycles. The van der Waals surface area contributed by atoms with Crippen LogP contribution in [-0.2, 0) is 14.3 Å². The van der Waals surface area contributed by atoms with Crippen molar-refractivity contribution in [2.75, 3.05) is 33.3 Å². The van der Waals surface area contributed by atoms with E-state index in [0.29, 0.717) is 13.0 Å². The number of H-pyrrole nitrogens is 2. The number of likely N-dealkylation sites (tertiary alicyclic amines) is 2. The molecule has 8 rings (SSSR count). The van der Waals surface area contributed by atoms with E-state index >= 15 is 0 Å². The summed E-state index contributed by atoms with van der Waals surface area (Å²) in [7, 11) is 1.36. The van der Waals surface area contributed by atoms with E-state index in [9.17, 15) is 14.4 Å². The molecule has 3 aromatic carbocycles. The van der Waals surface area contributed by atoms with Crippen molar-refractivity contribution in [1.82, 2.24) is 40.0 Å². The van der Waals surface area contributed by atoms with Gasteiger partial charge in [-0.25, -0.2) is 14.8 Å². The molecule has 1 unspecified atom stereocenters. The number of aromatic amines is 2. The third-order valence-corrected chi connectivity index (χ3v) is 12.4. The van der Waals surface area contributed by atoms with Crippen LogP contribution in [0.25, 0.3) is 33.6 Å². The first kappa shape index (κ1) is 39.1. The Morgan fingerprint density at radius 3 is 1.83 bits per heavy atom. The van der Waals surface area contributed by atoms with E-state index in [2.05, 4.69) is 94.7 Å². The first-order valence-corrected chi connectivity index (χ1v) is 20.9. The summed E-state index contributed by atoms with van der Waals surface area (Å²) >= 11 is 0. The molecule has 0 spiro atoms. The molecule has 2 aliphatic heterocycles. The van der Waals surface area contributed by atoms with Crippen LogP contribution >= 0.6 is 0 Å². The normalized spacial score (nSPS) is 21.1. The van der Waals surface area contributed by atoms with Crippen molar-refractivity contribution in [3.05, 3.63) is 108 Å². The Labute approximate surface area is 340 Å². The average molecular weight is 783 g/mol. The summed E-state index contributed by atoms with van der Waals surface area (Å²) in [5.74, 6) is 1.82. The van der Waals surface area contributed by atoms with Crippen molar-refractivity contribution in [2.24, 2.45) is 5.92 Å². The summed E-state index contributed by atoms with van der Waals surface area (Å²) in [5, 5.41) is 2.85. The zero-order valence-corrected chi connectivity index (χ0v) is 33.7. The lowest BCUT2D eigenvalue weighted by atomic mass is 10.0. The summed E-state index contributed by atoms with van der Waals surface area (Å²) in [6.07, 6.45) is 9.10. The number of benzene rings is 3. The molecule has 2 aromatic heterocycles. The maximum absolute atomic E-state index is 14.2. The van der Waals surface area contributed by atoms with Crippen molar-refractivity contribution >= 4 is 17.9 Å². The third kappa shape index (κ3) is 8.02. The second-order valence-electron chi connectivity index (χ2n) is 15.8. The van der Waals surface area contributed by atoms with E-state index < -0.39 is 6.09 Å². The summed E-state index contributed by atoms with van der Waals surface area (Å²) < 4.78 is 4.74. The minimum Gasteiger partial charge on any atom is -0.453 e. The molecule has 3 aliphatic rings. The number of nitrogens with zero attached hydrogens (tertiary/aromatic N) is 5. The highest BCUT2D eigenvalue weighted by Crippen LogP contribution is 2.38. The fourth-order valence-corrected chi connectivity index (χ4v) is 9.31. The molecule has 1 aliphatic carbocycles. The molecule has 3 fully saturated rings. The number of nitrogens with one attached hydrogen (secondary N) is 3. The van der Waals surface area contributed by atoms with E-state index in [-0.39, 0.29) is 41.9 Å². The number of likely N-dealkylation sites (N-methyl/N-ethyl adjacent to an activating group) is 1. The first-order valence-electron chi connectivity index (χ1n) is 20.9. The molecular weight excluding hydrogens is 729 g/mol. The number of amides is 3. The largest absolute Gasteiger partial charge is 0.453 e. The minimum atomic E-state index is -0.447. The second-order valence-corrected chi connectivity index (χ2v) is 15.8. The molecule has 3 amide bonds. The van der Waals surface area contributed by atoms with Crippen LogP contribution in [0.4, 0.5) is 4.79 Å².